The van der Waals surface area contributed by atoms with E-state index in [-0.39, 0.29) is 11.5 Å². The molecule has 1 aromatic carbocycles. The van der Waals surface area contributed by atoms with E-state index in [0.717, 1.165) is 34.9 Å². The van der Waals surface area contributed by atoms with Crippen molar-refractivity contribution in [1.82, 2.24) is 0 Å². The summed E-state index contributed by atoms with van der Waals surface area (Å²) in [7, 11) is 0. The third kappa shape index (κ3) is 3.50. The molecule has 1 nitrogen and oxygen atoms in total. The molecule has 0 heterocycles. The van der Waals surface area contributed by atoms with E-state index < -0.39 is 0 Å². The van der Waals surface area contributed by atoms with Crippen molar-refractivity contribution in [3.05, 3.63) is 33.8 Å². The first kappa shape index (κ1) is 16.1. The van der Waals surface area contributed by atoms with Crippen LogP contribution >= 0.6 is 23.2 Å². The highest BCUT2D eigenvalue weighted by Gasteiger charge is 2.38. The molecule has 3 unspecified atom stereocenters. The molecule has 112 valence electrons. The summed E-state index contributed by atoms with van der Waals surface area (Å²) < 4.78 is 0. The highest BCUT2D eigenvalue weighted by Crippen LogP contribution is 2.44. The quantitative estimate of drug-likeness (QED) is 0.796. The van der Waals surface area contributed by atoms with E-state index in [1.807, 2.05) is 18.2 Å². The van der Waals surface area contributed by atoms with Crippen molar-refractivity contribution < 1.29 is 5.11 Å². The van der Waals surface area contributed by atoms with Crippen LogP contribution in [0.1, 0.15) is 45.6 Å². The minimum Gasteiger partial charge on any atom is -0.393 e. The van der Waals surface area contributed by atoms with Crippen LogP contribution in [0, 0.1) is 17.3 Å². The summed E-state index contributed by atoms with van der Waals surface area (Å²) in [6.07, 6.45) is 3.78. The third-order valence-electron chi connectivity index (χ3n) is 4.78. The van der Waals surface area contributed by atoms with Crippen LogP contribution in [0.2, 0.25) is 10.0 Å². The number of rotatable bonds is 3. The van der Waals surface area contributed by atoms with Crippen LogP contribution in [-0.2, 0) is 6.42 Å². The van der Waals surface area contributed by atoms with Crippen LogP contribution < -0.4 is 0 Å². The Morgan fingerprint density at radius 2 is 1.80 bits per heavy atom. The molecular weight excluding hydrogens is 291 g/mol. The van der Waals surface area contributed by atoms with Crippen molar-refractivity contribution >= 4 is 23.2 Å². The molecule has 20 heavy (non-hydrogen) atoms. The van der Waals surface area contributed by atoms with Crippen molar-refractivity contribution in [2.45, 2.75) is 52.6 Å². The van der Waals surface area contributed by atoms with Gasteiger partial charge in [-0.05, 0) is 54.2 Å². The van der Waals surface area contributed by atoms with Crippen LogP contribution in [0.4, 0.5) is 0 Å². The normalized spacial score (nSPS) is 27.6. The van der Waals surface area contributed by atoms with E-state index in [1.165, 1.54) is 6.42 Å². The summed E-state index contributed by atoms with van der Waals surface area (Å²) in [5.41, 5.74) is 1.00. The molecule has 0 aliphatic heterocycles. The van der Waals surface area contributed by atoms with E-state index in [2.05, 4.69) is 20.8 Å². The lowest BCUT2D eigenvalue weighted by Crippen LogP contribution is -2.39. The van der Waals surface area contributed by atoms with Gasteiger partial charge >= 0.3 is 0 Å². The van der Waals surface area contributed by atoms with Gasteiger partial charge in [0.15, 0.2) is 0 Å². The van der Waals surface area contributed by atoms with Crippen LogP contribution in [0.5, 0.6) is 0 Å². The highest BCUT2D eigenvalue weighted by molar-refractivity contribution is 6.36. The average molecular weight is 315 g/mol. The van der Waals surface area contributed by atoms with Gasteiger partial charge in [0.2, 0.25) is 0 Å². The first-order valence-electron chi connectivity index (χ1n) is 7.42. The van der Waals surface area contributed by atoms with Crippen molar-refractivity contribution in [3.8, 4) is 0 Å². The second-order valence-electron chi connectivity index (χ2n) is 6.96. The first-order chi connectivity index (χ1) is 9.31. The van der Waals surface area contributed by atoms with E-state index in [1.54, 1.807) is 0 Å². The fourth-order valence-electron chi connectivity index (χ4n) is 3.55. The van der Waals surface area contributed by atoms with Crippen molar-refractivity contribution in [2.75, 3.05) is 0 Å². The van der Waals surface area contributed by atoms with Gasteiger partial charge in [-0.25, -0.2) is 0 Å². The summed E-state index contributed by atoms with van der Waals surface area (Å²) in [6.45, 7) is 6.66. The fraction of sp³-hybridized carbons (Fsp3) is 0.647. The summed E-state index contributed by atoms with van der Waals surface area (Å²) in [5.74, 6) is 0.937. The van der Waals surface area contributed by atoms with Gasteiger partial charge in [0.1, 0.15) is 0 Å². The summed E-state index contributed by atoms with van der Waals surface area (Å²) in [6, 6.07) is 5.65. The minimum absolute atomic E-state index is 0.00576. The molecule has 3 atom stereocenters. The van der Waals surface area contributed by atoms with E-state index in [4.69, 9.17) is 23.2 Å². The molecule has 1 N–H and O–H groups in total. The predicted molar refractivity (Wildman–Crippen MR) is 86.5 cm³/mol. The lowest BCUT2D eigenvalue weighted by molar-refractivity contribution is -0.0125. The van der Waals surface area contributed by atoms with Crippen molar-refractivity contribution in [1.29, 1.82) is 0 Å². The number of benzene rings is 1. The monoisotopic (exact) mass is 314 g/mol. The molecule has 0 bridgehead atoms. The SMILES string of the molecule is CC1CCC(C(C)(C)Cc2c(Cl)cccc2Cl)C(O)C1. The Kier molecular flexibility index (Phi) is 5.05. The lowest BCUT2D eigenvalue weighted by atomic mass is 9.65. The Morgan fingerprint density at radius 1 is 1.20 bits per heavy atom. The molecule has 1 fully saturated rings. The zero-order valence-electron chi connectivity index (χ0n) is 12.5. The van der Waals surface area contributed by atoms with Gasteiger partial charge in [0.05, 0.1) is 6.10 Å². The van der Waals surface area contributed by atoms with Gasteiger partial charge in [0.25, 0.3) is 0 Å². The Hall–Kier alpha value is -0.240. The summed E-state index contributed by atoms with van der Waals surface area (Å²) in [4.78, 5) is 0. The standard InChI is InChI=1S/C17H24Cl2O/c1-11-7-8-13(16(20)9-11)17(2,3)10-12-14(18)5-4-6-15(12)19/h4-6,11,13,16,20H,7-10H2,1-3H3. The fourth-order valence-corrected chi connectivity index (χ4v) is 4.08. The average Bonchev–Trinajstić information content (AvgIpc) is 2.33. The molecule has 2 rings (SSSR count). The minimum atomic E-state index is -0.213. The van der Waals surface area contributed by atoms with Gasteiger partial charge in [-0.3, -0.25) is 0 Å². The van der Waals surface area contributed by atoms with Crippen LogP contribution in [0.25, 0.3) is 0 Å². The maximum absolute atomic E-state index is 10.4. The van der Waals surface area contributed by atoms with Gasteiger partial charge in [-0.2, -0.15) is 0 Å². The second-order valence-corrected chi connectivity index (χ2v) is 7.77. The zero-order valence-corrected chi connectivity index (χ0v) is 14.0. The first-order valence-corrected chi connectivity index (χ1v) is 8.18. The largest absolute Gasteiger partial charge is 0.393 e. The van der Waals surface area contributed by atoms with E-state index in [0.29, 0.717) is 11.8 Å². The summed E-state index contributed by atoms with van der Waals surface area (Å²) in [5, 5.41) is 11.9. The smallest absolute Gasteiger partial charge is 0.0576 e. The zero-order chi connectivity index (χ0) is 14.9. The lowest BCUT2D eigenvalue weighted by Gasteiger charge is -2.42. The number of hydrogen-bond acceptors (Lipinski definition) is 1. The van der Waals surface area contributed by atoms with Gasteiger partial charge in [0, 0.05) is 10.0 Å². The Bertz CT molecular complexity index is 450. The Balaban J connectivity index is 2.18. The molecule has 0 radical (unpaired) electrons. The molecule has 1 aromatic rings. The second kappa shape index (κ2) is 6.25. The number of aliphatic hydroxyl groups is 1. The van der Waals surface area contributed by atoms with Crippen LogP contribution in [0.3, 0.4) is 0 Å². The maximum Gasteiger partial charge on any atom is 0.0576 e. The molecule has 3 heteroatoms. The molecule has 0 aromatic heterocycles. The van der Waals surface area contributed by atoms with E-state index >= 15 is 0 Å². The van der Waals surface area contributed by atoms with Gasteiger partial charge < -0.3 is 5.11 Å². The topological polar surface area (TPSA) is 20.2 Å². The van der Waals surface area contributed by atoms with Crippen LogP contribution in [-0.4, -0.2) is 11.2 Å². The number of halogens is 2. The molecule has 1 aliphatic carbocycles. The Morgan fingerprint density at radius 3 is 2.35 bits per heavy atom. The number of aliphatic hydroxyl groups excluding tert-OH is 1. The van der Waals surface area contributed by atoms with Gasteiger partial charge in [-0.15, -0.1) is 0 Å². The summed E-state index contributed by atoms with van der Waals surface area (Å²) >= 11 is 12.6. The third-order valence-corrected chi connectivity index (χ3v) is 5.48. The molecular formula is C17H24Cl2O. The highest BCUT2D eigenvalue weighted by atomic mass is 35.5. The molecule has 1 saturated carbocycles. The van der Waals surface area contributed by atoms with E-state index in [9.17, 15) is 5.11 Å². The molecule has 0 spiro atoms. The van der Waals surface area contributed by atoms with Crippen molar-refractivity contribution in [2.24, 2.45) is 17.3 Å². The molecule has 0 saturated heterocycles. The molecule has 0 amide bonds. The van der Waals surface area contributed by atoms with Gasteiger partial charge in [-0.1, -0.05) is 56.5 Å². The number of hydrogen-bond donors (Lipinski definition) is 1. The van der Waals surface area contributed by atoms with Crippen molar-refractivity contribution in [3.63, 3.8) is 0 Å². The maximum atomic E-state index is 10.4. The Labute approximate surface area is 132 Å². The molecule has 1 aliphatic rings. The predicted octanol–water partition coefficient (Wildman–Crippen LogP) is 5.36. The van der Waals surface area contributed by atoms with Crippen LogP contribution in [0.15, 0.2) is 18.2 Å².